The number of ether oxygens (including phenoxy) is 2. The Morgan fingerprint density at radius 3 is 2.64 bits per heavy atom. The summed E-state index contributed by atoms with van der Waals surface area (Å²) in [7, 11) is 3.57. The van der Waals surface area contributed by atoms with Gasteiger partial charge in [-0.3, -0.25) is 9.78 Å². The van der Waals surface area contributed by atoms with Crippen LogP contribution in [0.3, 0.4) is 0 Å². The normalized spacial score (nSPS) is 15.6. The molecule has 0 aliphatic carbocycles. The van der Waals surface area contributed by atoms with Crippen molar-refractivity contribution in [3.05, 3.63) is 83.7 Å². The molecule has 0 spiro atoms. The number of hydrogen-bond donors (Lipinski definition) is 1. The van der Waals surface area contributed by atoms with Gasteiger partial charge in [-0.2, -0.15) is 0 Å². The second kappa shape index (κ2) is 7.60. The third-order valence-corrected chi connectivity index (χ3v) is 4.83. The summed E-state index contributed by atoms with van der Waals surface area (Å²) in [6.07, 6.45) is 3.18. The molecule has 1 N–H and O–H groups in total. The number of methoxy groups -OCH3 is 1. The molecule has 4 rings (SSSR count). The highest BCUT2D eigenvalue weighted by Crippen LogP contribution is 2.35. The number of amides is 1. The van der Waals surface area contributed by atoms with E-state index in [1.54, 1.807) is 19.5 Å². The molecule has 1 amide bonds. The molecule has 2 heterocycles. The van der Waals surface area contributed by atoms with Crippen molar-refractivity contribution >= 4 is 11.6 Å². The fourth-order valence-electron chi connectivity index (χ4n) is 3.33. The molecule has 1 aromatic heterocycles. The summed E-state index contributed by atoms with van der Waals surface area (Å²) >= 11 is 0. The lowest BCUT2D eigenvalue weighted by Gasteiger charge is -2.36. The minimum Gasteiger partial charge on any atom is -0.493 e. The van der Waals surface area contributed by atoms with E-state index < -0.39 is 0 Å². The monoisotopic (exact) mass is 375 g/mol. The van der Waals surface area contributed by atoms with Gasteiger partial charge in [-0.05, 0) is 47.5 Å². The van der Waals surface area contributed by atoms with Crippen LogP contribution in [-0.4, -0.2) is 25.0 Å². The SMILES string of the molecule is COc1cc(C2NC(=O)c3ccccc3N2C)ccc1OCc1ccncc1. The van der Waals surface area contributed by atoms with Gasteiger partial charge in [0.25, 0.3) is 5.91 Å². The van der Waals surface area contributed by atoms with Crippen LogP contribution in [0.1, 0.15) is 27.7 Å². The van der Waals surface area contributed by atoms with Crippen LogP contribution in [0.5, 0.6) is 11.5 Å². The maximum atomic E-state index is 12.5. The third kappa shape index (κ3) is 3.36. The van der Waals surface area contributed by atoms with E-state index in [0.717, 1.165) is 16.8 Å². The number of fused-ring (bicyclic) bond motifs is 1. The first-order valence-corrected chi connectivity index (χ1v) is 9.00. The van der Waals surface area contributed by atoms with Crippen molar-refractivity contribution in [2.75, 3.05) is 19.1 Å². The molecule has 6 nitrogen and oxygen atoms in total. The molecule has 0 bridgehead atoms. The highest BCUT2D eigenvalue weighted by atomic mass is 16.5. The van der Waals surface area contributed by atoms with Crippen molar-refractivity contribution < 1.29 is 14.3 Å². The number of rotatable bonds is 5. The molecule has 142 valence electrons. The van der Waals surface area contributed by atoms with E-state index in [-0.39, 0.29) is 12.1 Å². The molecular weight excluding hydrogens is 354 g/mol. The zero-order valence-electron chi connectivity index (χ0n) is 15.8. The first kappa shape index (κ1) is 17.9. The van der Waals surface area contributed by atoms with Crippen LogP contribution in [0.25, 0.3) is 0 Å². The summed E-state index contributed by atoms with van der Waals surface area (Å²) < 4.78 is 11.4. The quantitative estimate of drug-likeness (QED) is 0.739. The van der Waals surface area contributed by atoms with Gasteiger partial charge in [0.15, 0.2) is 11.5 Å². The number of para-hydroxylation sites is 1. The van der Waals surface area contributed by atoms with Gasteiger partial charge >= 0.3 is 0 Å². The van der Waals surface area contributed by atoms with Gasteiger partial charge in [0.2, 0.25) is 0 Å². The van der Waals surface area contributed by atoms with Gasteiger partial charge in [0.05, 0.1) is 18.4 Å². The average molecular weight is 375 g/mol. The van der Waals surface area contributed by atoms with E-state index in [4.69, 9.17) is 9.47 Å². The summed E-state index contributed by atoms with van der Waals surface area (Å²) in [4.78, 5) is 18.5. The Balaban J connectivity index is 1.58. The number of anilines is 1. The van der Waals surface area contributed by atoms with Crippen LogP contribution in [0.2, 0.25) is 0 Å². The molecule has 28 heavy (non-hydrogen) atoms. The lowest BCUT2D eigenvalue weighted by molar-refractivity contribution is 0.0928. The Morgan fingerprint density at radius 1 is 1.07 bits per heavy atom. The van der Waals surface area contributed by atoms with Crippen molar-refractivity contribution in [2.24, 2.45) is 0 Å². The first-order valence-electron chi connectivity index (χ1n) is 9.00. The molecule has 1 unspecified atom stereocenters. The fourth-order valence-corrected chi connectivity index (χ4v) is 3.33. The molecule has 6 heteroatoms. The van der Waals surface area contributed by atoms with Gasteiger partial charge in [-0.25, -0.2) is 0 Å². The highest BCUT2D eigenvalue weighted by Gasteiger charge is 2.29. The molecule has 2 aromatic carbocycles. The molecule has 3 aromatic rings. The van der Waals surface area contributed by atoms with Gasteiger partial charge in [0.1, 0.15) is 12.8 Å². The topological polar surface area (TPSA) is 63.7 Å². The smallest absolute Gasteiger partial charge is 0.255 e. The van der Waals surface area contributed by atoms with Crippen molar-refractivity contribution in [3.8, 4) is 11.5 Å². The number of nitrogens with zero attached hydrogens (tertiary/aromatic N) is 2. The molecule has 1 aliphatic rings. The molecule has 1 aliphatic heterocycles. The largest absolute Gasteiger partial charge is 0.493 e. The van der Waals surface area contributed by atoms with Crippen LogP contribution < -0.4 is 19.7 Å². The van der Waals surface area contributed by atoms with Crippen LogP contribution in [0, 0.1) is 0 Å². The van der Waals surface area contributed by atoms with E-state index in [2.05, 4.69) is 10.3 Å². The zero-order chi connectivity index (χ0) is 19.5. The highest BCUT2D eigenvalue weighted by molar-refractivity contribution is 6.02. The predicted octanol–water partition coefficient (Wildman–Crippen LogP) is 3.55. The van der Waals surface area contributed by atoms with Crippen LogP contribution in [-0.2, 0) is 6.61 Å². The van der Waals surface area contributed by atoms with Crippen molar-refractivity contribution in [3.63, 3.8) is 0 Å². The predicted molar refractivity (Wildman–Crippen MR) is 107 cm³/mol. The molecule has 0 saturated carbocycles. The standard InChI is InChI=1S/C22H21N3O3/c1-25-18-6-4-3-5-17(18)22(26)24-21(25)16-7-8-19(20(13-16)27-2)28-14-15-9-11-23-12-10-15/h3-13,21H,14H2,1-2H3,(H,24,26). The maximum Gasteiger partial charge on any atom is 0.255 e. The van der Waals surface area contributed by atoms with Gasteiger partial charge < -0.3 is 19.7 Å². The van der Waals surface area contributed by atoms with E-state index in [9.17, 15) is 4.79 Å². The van der Waals surface area contributed by atoms with E-state index in [1.165, 1.54) is 0 Å². The second-order valence-corrected chi connectivity index (χ2v) is 6.56. The number of carbonyl (C=O) groups excluding carboxylic acids is 1. The number of aromatic nitrogens is 1. The third-order valence-electron chi connectivity index (χ3n) is 4.83. The summed E-state index contributed by atoms with van der Waals surface area (Å²) in [6, 6.07) is 17.1. The van der Waals surface area contributed by atoms with Crippen LogP contribution in [0.4, 0.5) is 5.69 Å². The van der Waals surface area contributed by atoms with Crippen molar-refractivity contribution in [1.82, 2.24) is 10.3 Å². The Kier molecular flexibility index (Phi) is 4.85. The Labute approximate surface area is 163 Å². The van der Waals surface area contributed by atoms with Crippen molar-refractivity contribution in [1.29, 1.82) is 0 Å². The minimum atomic E-state index is -0.287. The summed E-state index contributed by atoms with van der Waals surface area (Å²) in [5.74, 6) is 1.18. The number of carbonyl (C=O) groups is 1. The van der Waals surface area contributed by atoms with Crippen LogP contribution >= 0.6 is 0 Å². The molecular formula is C22H21N3O3. The fraction of sp³-hybridized carbons (Fsp3) is 0.182. The number of hydrogen-bond acceptors (Lipinski definition) is 5. The Morgan fingerprint density at radius 2 is 1.86 bits per heavy atom. The maximum absolute atomic E-state index is 12.5. The lowest BCUT2D eigenvalue weighted by Crippen LogP contribution is -2.44. The van der Waals surface area contributed by atoms with E-state index in [0.29, 0.717) is 23.7 Å². The lowest BCUT2D eigenvalue weighted by atomic mass is 10.0. The van der Waals surface area contributed by atoms with Gasteiger partial charge in [0, 0.05) is 19.4 Å². The number of pyridine rings is 1. The Bertz CT molecular complexity index is 991. The minimum absolute atomic E-state index is 0.0873. The zero-order valence-corrected chi connectivity index (χ0v) is 15.8. The average Bonchev–Trinajstić information content (AvgIpc) is 2.75. The van der Waals surface area contributed by atoms with E-state index >= 15 is 0 Å². The van der Waals surface area contributed by atoms with Gasteiger partial charge in [-0.1, -0.05) is 18.2 Å². The van der Waals surface area contributed by atoms with Gasteiger partial charge in [-0.15, -0.1) is 0 Å². The number of benzene rings is 2. The summed E-state index contributed by atoms with van der Waals surface area (Å²) in [5, 5.41) is 3.05. The molecule has 0 saturated heterocycles. The molecule has 0 fully saturated rings. The first-order chi connectivity index (χ1) is 13.7. The van der Waals surface area contributed by atoms with Crippen molar-refractivity contribution in [2.45, 2.75) is 12.8 Å². The molecule has 0 radical (unpaired) electrons. The number of nitrogens with one attached hydrogen (secondary N) is 1. The van der Waals surface area contributed by atoms with E-state index in [1.807, 2.05) is 66.5 Å². The summed E-state index contributed by atoms with van der Waals surface area (Å²) in [5.41, 5.74) is 3.51. The summed E-state index contributed by atoms with van der Waals surface area (Å²) in [6.45, 7) is 0.422. The Hall–Kier alpha value is -3.54. The van der Waals surface area contributed by atoms with Crippen LogP contribution in [0.15, 0.2) is 67.0 Å². The second-order valence-electron chi connectivity index (χ2n) is 6.56. The molecule has 1 atom stereocenters.